The van der Waals surface area contributed by atoms with E-state index in [0.717, 1.165) is 0 Å². The molecule has 0 bridgehead atoms. The van der Waals surface area contributed by atoms with Gasteiger partial charge in [-0.25, -0.2) is 13.2 Å². The Hall–Kier alpha value is -2.50. The standard InChI is InChI=1S/C15H9F3O3/c16-10-7-12(18)11(17)6-9(10)15(19)8-1-2-13-14(5-8)21-4-3-20-13/h1-2,5-7H,3-4H2. The Morgan fingerprint density at radius 1 is 0.857 bits per heavy atom. The lowest BCUT2D eigenvalue weighted by Crippen LogP contribution is -2.16. The summed E-state index contributed by atoms with van der Waals surface area (Å²) < 4.78 is 50.3. The van der Waals surface area contributed by atoms with Gasteiger partial charge in [0.2, 0.25) is 0 Å². The minimum Gasteiger partial charge on any atom is -0.486 e. The van der Waals surface area contributed by atoms with Gasteiger partial charge < -0.3 is 9.47 Å². The van der Waals surface area contributed by atoms with E-state index in [-0.39, 0.29) is 5.56 Å². The third kappa shape index (κ3) is 2.44. The number of ketones is 1. The number of hydrogen-bond donors (Lipinski definition) is 0. The van der Waals surface area contributed by atoms with E-state index in [1.54, 1.807) is 0 Å². The zero-order valence-corrected chi connectivity index (χ0v) is 10.7. The molecule has 1 aliphatic rings. The summed E-state index contributed by atoms with van der Waals surface area (Å²) in [5.74, 6) is -3.67. The van der Waals surface area contributed by atoms with Gasteiger partial charge in [-0.15, -0.1) is 0 Å². The highest BCUT2D eigenvalue weighted by molar-refractivity contribution is 6.09. The molecule has 0 aromatic heterocycles. The molecule has 2 aromatic rings. The van der Waals surface area contributed by atoms with Gasteiger partial charge in [0.1, 0.15) is 19.0 Å². The van der Waals surface area contributed by atoms with Crippen molar-refractivity contribution in [2.24, 2.45) is 0 Å². The van der Waals surface area contributed by atoms with E-state index < -0.39 is 28.8 Å². The van der Waals surface area contributed by atoms with Crippen LogP contribution in [-0.2, 0) is 0 Å². The van der Waals surface area contributed by atoms with Gasteiger partial charge in [0.25, 0.3) is 0 Å². The second-order valence-corrected chi connectivity index (χ2v) is 4.43. The van der Waals surface area contributed by atoms with Crippen LogP contribution in [0.25, 0.3) is 0 Å². The first kappa shape index (κ1) is 13.5. The highest BCUT2D eigenvalue weighted by atomic mass is 19.2. The number of ether oxygens (including phenoxy) is 2. The van der Waals surface area contributed by atoms with E-state index in [1.165, 1.54) is 18.2 Å². The third-order valence-electron chi connectivity index (χ3n) is 3.06. The number of hydrogen-bond acceptors (Lipinski definition) is 3. The van der Waals surface area contributed by atoms with Gasteiger partial charge >= 0.3 is 0 Å². The summed E-state index contributed by atoms with van der Waals surface area (Å²) >= 11 is 0. The topological polar surface area (TPSA) is 35.5 Å². The van der Waals surface area contributed by atoms with Crippen molar-refractivity contribution < 1.29 is 27.4 Å². The van der Waals surface area contributed by atoms with Gasteiger partial charge in [-0.1, -0.05) is 0 Å². The van der Waals surface area contributed by atoms with Gasteiger partial charge in [-0.3, -0.25) is 4.79 Å². The second-order valence-electron chi connectivity index (χ2n) is 4.43. The molecule has 21 heavy (non-hydrogen) atoms. The van der Waals surface area contributed by atoms with Crippen LogP contribution in [0.2, 0.25) is 0 Å². The van der Waals surface area contributed by atoms with Crippen LogP contribution in [0.15, 0.2) is 30.3 Å². The van der Waals surface area contributed by atoms with Crippen LogP contribution in [0.5, 0.6) is 11.5 Å². The number of halogens is 3. The Morgan fingerprint density at radius 2 is 1.52 bits per heavy atom. The predicted octanol–water partition coefficient (Wildman–Crippen LogP) is 3.11. The smallest absolute Gasteiger partial charge is 0.196 e. The van der Waals surface area contributed by atoms with Crippen LogP contribution in [0, 0.1) is 17.5 Å². The van der Waals surface area contributed by atoms with E-state index in [1.807, 2.05) is 0 Å². The van der Waals surface area contributed by atoms with E-state index >= 15 is 0 Å². The van der Waals surface area contributed by atoms with Crippen molar-refractivity contribution in [1.29, 1.82) is 0 Å². The van der Waals surface area contributed by atoms with Crippen LogP contribution in [0.3, 0.4) is 0 Å². The molecular weight excluding hydrogens is 285 g/mol. The third-order valence-corrected chi connectivity index (χ3v) is 3.06. The van der Waals surface area contributed by atoms with Crippen LogP contribution in [-0.4, -0.2) is 19.0 Å². The van der Waals surface area contributed by atoms with Crippen molar-refractivity contribution in [2.75, 3.05) is 13.2 Å². The molecule has 6 heteroatoms. The maximum absolute atomic E-state index is 13.6. The zero-order valence-electron chi connectivity index (χ0n) is 10.7. The summed E-state index contributed by atoms with van der Waals surface area (Å²) in [4.78, 5) is 12.2. The van der Waals surface area contributed by atoms with E-state index in [9.17, 15) is 18.0 Å². The molecule has 0 N–H and O–H groups in total. The van der Waals surface area contributed by atoms with Gasteiger partial charge in [-0.05, 0) is 24.3 Å². The molecule has 0 fully saturated rings. The maximum atomic E-state index is 13.6. The molecule has 0 saturated heterocycles. The second kappa shape index (κ2) is 5.12. The fourth-order valence-electron chi connectivity index (χ4n) is 2.04. The van der Waals surface area contributed by atoms with Gasteiger partial charge in [0, 0.05) is 11.6 Å². The molecule has 1 aliphatic heterocycles. The highest BCUT2D eigenvalue weighted by Gasteiger charge is 2.20. The number of benzene rings is 2. The molecule has 0 spiro atoms. The monoisotopic (exact) mass is 294 g/mol. The summed E-state index contributed by atoms with van der Waals surface area (Å²) in [6, 6.07) is 5.21. The molecule has 0 radical (unpaired) electrons. The molecule has 0 atom stereocenters. The van der Waals surface area contributed by atoms with Crippen molar-refractivity contribution in [3.63, 3.8) is 0 Å². The first-order valence-electron chi connectivity index (χ1n) is 6.15. The summed E-state index contributed by atoms with van der Waals surface area (Å²) in [5, 5.41) is 0. The zero-order chi connectivity index (χ0) is 15.0. The van der Waals surface area contributed by atoms with Crippen LogP contribution < -0.4 is 9.47 Å². The summed E-state index contributed by atoms with van der Waals surface area (Å²) in [5.41, 5.74) is -0.435. The summed E-state index contributed by atoms with van der Waals surface area (Å²) in [6.45, 7) is 0.738. The normalized spacial score (nSPS) is 13.1. The number of rotatable bonds is 2. The van der Waals surface area contributed by atoms with E-state index in [2.05, 4.69) is 0 Å². The highest BCUT2D eigenvalue weighted by Crippen LogP contribution is 2.31. The largest absolute Gasteiger partial charge is 0.486 e. The van der Waals surface area contributed by atoms with Gasteiger partial charge in [0.15, 0.2) is 28.9 Å². The number of carbonyl (C=O) groups is 1. The van der Waals surface area contributed by atoms with E-state index in [4.69, 9.17) is 9.47 Å². The number of fused-ring (bicyclic) bond motifs is 1. The van der Waals surface area contributed by atoms with Crippen LogP contribution >= 0.6 is 0 Å². The van der Waals surface area contributed by atoms with Crippen LogP contribution in [0.4, 0.5) is 13.2 Å². The average molecular weight is 294 g/mol. The van der Waals surface area contributed by atoms with Crippen LogP contribution in [0.1, 0.15) is 15.9 Å². The van der Waals surface area contributed by atoms with Crippen molar-refractivity contribution in [1.82, 2.24) is 0 Å². The molecule has 0 aliphatic carbocycles. The fraction of sp³-hybridized carbons (Fsp3) is 0.133. The summed E-state index contributed by atoms with van der Waals surface area (Å²) in [6.07, 6.45) is 0. The Balaban J connectivity index is 2.01. The van der Waals surface area contributed by atoms with Crippen molar-refractivity contribution >= 4 is 5.78 Å². The lowest BCUT2D eigenvalue weighted by molar-refractivity contribution is 0.103. The Kier molecular flexibility index (Phi) is 3.29. The van der Waals surface area contributed by atoms with Gasteiger partial charge in [0.05, 0.1) is 5.56 Å². The predicted molar refractivity (Wildman–Crippen MR) is 67.2 cm³/mol. The quantitative estimate of drug-likeness (QED) is 0.630. The average Bonchev–Trinajstić information content (AvgIpc) is 2.50. The van der Waals surface area contributed by atoms with E-state index in [0.29, 0.717) is 36.8 Å². The molecule has 108 valence electrons. The van der Waals surface area contributed by atoms with Crippen molar-refractivity contribution in [3.05, 3.63) is 58.9 Å². The lowest BCUT2D eigenvalue weighted by Gasteiger charge is -2.18. The first-order chi connectivity index (χ1) is 10.1. The minimum absolute atomic E-state index is 0.101. The molecular formula is C15H9F3O3. The fourth-order valence-corrected chi connectivity index (χ4v) is 2.04. The molecule has 0 unspecified atom stereocenters. The lowest BCUT2D eigenvalue weighted by atomic mass is 10.0. The SMILES string of the molecule is O=C(c1ccc2c(c1)OCCO2)c1cc(F)c(F)cc1F. The molecule has 0 amide bonds. The Bertz CT molecular complexity index is 728. The van der Waals surface area contributed by atoms with Crippen molar-refractivity contribution in [3.8, 4) is 11.5 Å². The Labute approximate surface area is 117 Å². The Morgan fingerprint density at radius 3 is 2.29 bits per heavy atom. The molecule has 3 rings (SSSR count). The first-order valence-corrected chi connectivity index (χ1v) is 6.15. The number of carbonyl (C=O) groups excluding carboxylic acids is 1. The van der Waals surface area contributed by atoms with Crippen molar-refractivity contribution in [2.45, 2.75) is 0 Å². The molecule has 3 nitrogen and oxygen atoms in total. The van der Waals surface area contributed by atoms with Gasteiger partial charge in [-0.2, -0.15) is 0 Å². The maximum Gasteiger partial charge on any atom is 0.196 e. The molecule has 0 saturated carbocycles. The molecule has 1 heterocycles. The molecule has 2 aromatic carbocycles. The summed E-state index contributed by atoms with van der Waals surface area (Å²) in [7, 11) is 0. The minimum atomic E-state index is -1.34.